The standard InChI is InChI=1S/C7H10N2O3/c1-9-4-8-5(6(9)11-2)7(10)12-3/h4H,1-3H3. The first-order valence-electron chi connectivity index (χ1n) is 3.34. The number of imidazole rings is 1. The average molecular weight is 170 g/mol. The summed E-state index contributed by atoms with van der Waals surface area (Å²) in [4.78, 5) is 14.8. The van der Waals surface area contributed by atoms with Gasteiger partial charge < -0.3 is 14.0 Å². The number of nitrogens with zero attached hydrogens (tertiary/aromatic N) is 2. The van der Waals surface area contributed by atoms with Crippen molar-refractivity contribution in [1.29, 1.82) is 0 Å². The molecule has 5 heteroatoms. The molecule has 1 aromatic rings. The first-order chi connectivity index (χ1) is 5.70. The maximum Gasteiger partial charge on any atom is 0.362 e. The van der Waals surface area contributed by atoms with Gasteiger partial charge in [0.25, 0.3) is 0 Å². The number of hydrogen-bond acceptors (Lipinski definition) is 4. The molecule has 0 atom stereocenters. The Kier molecular flexibility index (Phi) is 2.32. The van der Waals surface area contributed by atoms with Gasteiger partial charge in [-0.15, -0.1) is 0 Å². The SMILES string of the molecule is COC(=O)c1ncn(C)c1OC. The van der Waals surface area contributed by atoms with Gasteiger partial charge in [-0.2, -0.15) is 0 Å². The number of esters is 1. The lowest BCUT2D eigenvalue weighted by Gasteiger charge is -2.01. The van der Waals surface area contributed by atoms with Crippen molar-refractivity contribution in [3.63, 3.8) is 0 Å². The Bertz CT molecular complexity index is 293. The molecule has 0 saturated carbocycles. The zero-order chi connectivity index (χ0) is 9.14. The predicted molar refractivity (Wildman–Crippen MR) is 41.1 cm³/mol. The molecule has 0 saturated heterocycles. The summed E-state index contributed by atoms with van der Waals surface area (Å²) in [5, 5.41) is 0. The lowest BCUT2D eigenvalue weighted by Crippen LogP contribution is -2.04. The minimum Gasteiger partial charge on any atom is -0.480 e. The summed E-state index contributed by atoms with van der Waals surface area (Å²) in [6.45, 7) is 0. The van der Waals surface area contributed by atoms with Crippen LogP contribution in [0.1, 0.15) is 10.5 Å². The van der Waals surface area contributed by atoms with Crippen molar-refractivity contribution >= 4 is 5.97 Å². The molecule has 1 rings (SSSR count). The second kappa shape index (κ2) is 3.25. The Labute approximate surface area is 69.9 Å². The molecule has 0 aliphatic rings. The van der Waals surface area contributed by atoms with E-state index in [0.29, 0.717) is 5.88 Å². The van der Waals surface area contributed by atoms with Crippen LogP contribution in [0.5, 0.6) is 5.88 Å². The third-order valence-corrected chi connectivity index (χ3v) is 1.46. The Hall–Kier alpha value is -1.52. The molecule has 0 aliphatic carbocycles. The number of rotatable bonds is 2. The van der Waals surface area contributed by atoms with Crippen LogP contribution in [0.4, 0.5) is 0 Å². The molecule has 0 amide bonds. The molecule has 0 unspecified atom stereocenters. The van der Waals surface area contributed by atoms with E-state index in [1.807, 2.05) is 0 Å². The number of carbonyl (C=O) groups is 1. The smallest absolute Gasteiger partial charge is 0.362 e. The van der Waals surface area contributed by atoms with E-state index in [2.05, 4.69) is 9.72 Å². The van der Waals surface area contributed by atoms with Gasteiger partial charge >= 0.3 is 5.97 Å². The number of methoxy groups -OCH3 is 2. The molecular weight excluding hydrogens is 160 g/mol. The molecule has 1 heterocycles. The topological polar surface area (TPSA) is 53.3 Å². The van der Waals surface area contributed by atoms with E-state index in [0.717, 1.165) is 0 Å². The summed E-state index contributed by atoms with van der Waals surface area (Å²) in [6.07, 6.45) is 1.49. The highest BCUT2D eigenvalue weighted by Crippen LogP contribution is 2.15. The zero-order valence-corrected chi connectivity index (χ0v) is 7.20. The van der Waals surface area contributed by atoms with Gasteiger partial charge in [0.15, 0.2) is 0 Å². The normalized spacial score (nSPS) is 9.58. The first kappa shape index (κ1) is 8.58. The van der Waals surface area contributed by atoms with Gasteiger partial charge in [-0.05, 0) is 0 Å². The van der Waals surface area contributed by atoms with E-state index >= 15 is 0 Å². The van der Waals surface area contributed by atoms with E-state index in [-0.39, 0.29) is 5.69 Å². The Balaban J connectivity index is 3.07. The molecule has 5 nitrogen and oxygen atoms in total. The van der Waals surface area contributed by atoms with Gasteiger partial charge in [0.1, 0.15) is 0 Å². The third kappa shape index (κ3) is 1.25. The van der Waals surface area contributed by atoms with Crippen LogP contribution in [0, 0.1) is 0 Å². The number of aryl methyl sites for hydroxylation is 1. The first-order valence-corrected chi connectivity index (χ1v) is 3.34. The summed E-state index contributed by atoms with van der Waals surface area (Å²) in [7, 11) is 4.51. The van der Waals surface area contributed by atoms with Crippen molar-refractivity contribution in [2.24, 2.45) is 7.05 Å². The second-order valence-electron chi connectivity index (χ2n) is 2.20. The highest BCUT2D eigenvalue weighted by atomic mass is 16.5. The van der Waals surface area contributed by atoms with E-state index in [4.69, 9.17) is 4.74 Å². The number of hydrogen-bond donors (Lipinski definition) is 0. The van der Waals surface area contributed by atoms with Crippen molar-refractivity contribution in [2.45, 2.75) is 0 Å². The summed E-state index contributed by atoms with van der Waals surface area (Å²) in [6, 6.07) is 0. The number of ether oxygens (including phenoxy) is 2. The molecule has 1 aromatic heterocycles. The summed E-state index contributed by atoms with van der Waals surface area (Å²) in [5.74, 6) is -0.0886. The van der Waals surface area contributed by atoms with Gasteiger partial charge in [0.2, 0.25) is 11.6 Å². The fourth-order valence-electron chi connectivity index (χ4n) is 0.896. The predicted octanol–water partition coefficient (Wildman–Crippen LogP) is 0.215. The Morgan fingerprint density at radius 2 is 2.25 bits per heavy atom. The summed E-state index contributed by atoms with van der Waals surface area (Å²) in [5.41, 5.74) is 0.197. The Morgan fingerprint density at radius 3 is 2.75 bits per heavy atom. The highest BCUT2D eigenvalue weighted by molar-refractivity contribution is 5.89. The molecule has 12 heavy (non-hydrogen) atoms. The van der Waals surface area contributed by atoms with Crippen LogP contribution in [0.3, 0.4) is 0 Å². The average Bonchev–Trinajstić information content (AvgIpc) is 2.45. The maximum atomic E-state index is 11.0. The molecule has 0 spiro atoms. The molecular formula is C7H10N2O3. The van der Waals surface area contributed by atoms with Gasteiger partial charge in [-0.1, -0.05) is 0 Å². The monoisotopic (exact) mass is 170 g/mol. The maximum absolute atomic E-state index is 11.0. The van der Waals surface area contributed by atoms with Crippen LogP contribution in [0.15, 0.2) is 6.33 Å². The van der Waals surface area contributed by atoms with Crippen LogP contribution in [-0.4, -0.2) is 29.7 Å². The van der Waals surface area contributed by atoms with Gasteiger partial charge in [0, 0.05) is 7.05 Å². The van der Waals surface area contributed by atoms with E-state index in [1.165, 1.54) is 20.5 Å². The van der Waals surface area contributed by atoms with Crippen LogP contribution < -0.4 is 4.74 Å². The minimum atomic E-state index is -0.493. The van der Waals surface area contributed by atoms with Gasteiger partial charge in [0.05, 0.1) is 20.5 Å². The van der Waals surface area contributed by atoms with E-state index < -0.39 is 5.97 Å². The molecule has 0 radical (unpaired) electrons. The lowest BCUT2D eigenvalue weighted by molar-refractivity contribution is 0.0590. The highest BCUT2D eigenvalue weighted by Gasteiger charge is 2.17. The lowest BCUT2D eigenvalue weighted by atomic mass is 10.4. The van der Waals surface area contributed by atoms with Crippen molar-refractivity contribution in [2.75, 3.05) is 14.2 Å². The third-order valence-electron chi connectivity index (χ3n) is 1.46. The molecule has 0 N–H and O–H groups in total. The summed E-state index contributed by atoms with van der Waals surface area (Å²) >= 11 is 0. The number of aromatic nitrogens is 2. The van der Waals surface area contributed by atoms with Crippen LogP contribution in [-0.2, 0) is 11.8 Å². The molecule has 0 fully saturated rings. The number of carbonyl (C=O) groups excluding carboxylic acids is 1. The zero-order valence-electron chi connectivity index (χ0n) is 7.20. The molecule has 0 bridgehead atoms. The van der Waals surface area contributed by atoms with Crippen molar-refractivity contribution in [3.8, 4) is 5.88 Å². The quantitative estimate of drug-likeness (QED) is 0.595. The fourth-order valence-corrected chi connectivity index (χ4v) is 0.896. The van der Waals surface area contributed by atoms with E-state index in [1.54, 1.807) is 11.6 Å². The van der Waals surface area contributed by atoms with Crippen molar-refractivity contribution < 1.29 is 14.3 Å². The van der Waals surface area contributed by atoms with Crippen molar-refractivity contribution in [3.05, 3.63) is 12.0 Å². The molecule has 0 aromatic carbocycles. The van der Waals surface area contributed by atoms with Crippen LogP contribution in [0.2, 0.25) is 0 Å². The molecule has 0 aliphatic heterocycles. The van der Waals surface area contributed by atoms with Crippen LogP contribution in [0.25, 0.3) is 0 Å². The Morgan fingerprint density at radius 1 is 1.58 bits per heavy atom. The fraction of sp³-hybridized carbons (Fsp3) is 0.429. The minimum absolute atomic E-state index is 0.197. The molecule has 66 valence electrons. The van der Waals surface area contributed by atoms with Crippen molar-refractivity contribution in [1.82, 2.24) is 9.55 Å². The van der Waals surface area contributed by atoms with E-state index in [9.17, 15) is 4.79 Å². The van der Waals surface area contributed by atoms with Gasteiger partial charge in [-0.3, -0.25) is 0 Å². The second-order valence-corrected chi connectivity index (χ2v) is 2.20. The van der Waals surface area contributed by atoms with Crippen LogP contribution >= 0.6 is 0 Å². The summed E-state index contributed by atoms with van der Waals surface area (Å²) < 4.78 is 11.0. The van der Waals surface area contributed by atoms with Gasteiger partial charge in [-0.25, -0.2) is 9.78 Å². The largest absolute Gasteiger partial charge is 0.480 e.